The molecule has 1 aromatic heterocycles. The fourth-order valence-corrected chi connectivity index (χ4v) is 4.54. The van der Waals surface area contributed by atoms with Crippen molar-refractivity contribution in [3.8, 4) is 5.75 Å². The number of hydrogen-bond acceptors (Lipinski definition) is 5. The van der Waals surface area contributed by atoms with E-state index < -0.39 is 29.2 Å². The molecule has 1 aromatic carbocycles. The number of carbonyl (C=O) groups excluding carboxylic acids is 3. The van der Waals surface area contributed by atoms with Gasteiger partial charge >= 0.3 is 0 Å². The molecule has 1 aliphatic carbocycles. The molecule has 8 nitrogen and oxygen atoms in total. The van der Waals surface area contributed by atoms with Gasteiger partial charge in [-0.25, -0.2) is 4.39 Å². The number of hydrogen-bond donors (Lipinski definition) is 3. The van der Waals surface area contributed by atoms with E-state index in [4.69, 9.17) is 0 Å². The highest BCUT2D eigenvalue weighted by Crippen LogP contribution is 2.37. The smallest absolute Gasteiger partial charge is 0.254 e. The lowest BCUT2D eigenvalue weighted by Crippen LogP contribution is -2.49. The van der Waals surface area contributed by atoms with Crippen LogP contribution in [0, 0.1) is 5.82 Å². The van der Waals surface area contributed by atoms with Crippen molar-refractivity contribution in [2.75, 3.05) is 0 Å². The maximum atomic E-state index is 15.0. The third-order valence-electron chi connectivity index (χ3n) is 6.77. The van der Waals surface area contributed by atoms with Crippen LogP contribution in [0.3, 0.4) is 0 Å². The van der Waals surface area contributed by atoms with Crippen molar-refractivity contribution in [2.45, 2.75) is 70.1 Å². The average Bonchev–Trinajstić information content (AvgIpc) is 3.50. The molecule has 180 valence electrons. The Kier molecular flexibility index (Phi) is 6.29. The van der Waals surface area contributed by atoms with Gasteiger partial charge in [-0.1, -0.05) is 6.07 Å². The first-order valence-corrected chi connectivity index (χ1v) is 11.5. The second kappa shape index (κ2) is 9.04. The van der Waals surface area contributed by atoms with Gasteiger partial charge in [0.25, 0.3) is 11.8 Å². The van der Waals surface area contributed by atoms with Gasteiger partial charge < -0.3 is 20.6 Å². The topological polar surface area (TPSA) is 112 Å². The summed E-state index contributed by atoms with van der Waals surface area (Å²) in [4.78, 5) is 43.8. The van der Waals surface area contributed by atoms with Crippen LogP contribution in [0.2, 0.25) is 0 Å². The van der Waals surface area contributed by atoms with Crippen LogP contribution >= 0.6 is 0 Å². The molecule has 3 N–H and O–H groups in total. The van der Waals surface area contributed by atoms with Crippen LogP contribution in [-0.2, 0) is 4.79 Å². The van der Waals surface area contributed by atoms with Gasteiger partial charge in [0.2, 0.25) is 5.91 Å². The first kappa shape index (κ1) is 23.7. The minimum Gasteiger partial charge on any atom is -0.506 e. The predicted octanol–water partition coefficient (Wildman–Crippen LogP) is 3.08. The zero-order chi connectivity index (χ0) is 24.6. The number of halogens is 1. The lowest BCUT2D eigenvalue weighted by atomic mass is 10.0. The Hall–Kier alpha value is -3.49. The molecule has 4 rings (SSSR count). The predicted molar refractivity (Wildman–Crippen MR) is 123 cm³/mol. The molecule has 9 heteroatoms. The van der Waals surface area contributed by atoms with Crippen molar-refractivity contribution in [3.05, 3.63) is 59.2 Å². The molecule has 0 radical (unpaired) electrons. The highest BCUT2D eigenvalue weighted by molar-refractivity contribution is 6.00. The van der Waals surface area contributed by atoms with Crippen LogP contribution in [0.1, 0.15) is 78.8 Å². The Morgan fingerprint density at radius 3 is 2.38 bits per heavy atom. The number of rotatable bonds is 6. The number of carbonyl (C=O) groups is 3. The third-order valence-corrected chi connectivity index (χ3v) is 6.77. The molecule has 2 aromatic rings. The molecular formula is C25H29FN4O4. The lowest BCUT2D eigenvalue weighted by Gasteiger charge is -2.26. The number of aromatic hydroxyl groups is 1. The van der Waals surface area contributed by atoms with Gasteiger partial charge in [0.05, 0.1) is 17.8 Å². The molecule has 1 saturated heterocycles. The van der Waals surface area contributed by atoms with Gasteiger partial charge in [-0.3, -0.25) is 19.4 Å². The van der Waals surface area contributed by atoms with E-state index in [1.807, 2.05) is 13.8 Å². The maximum absolute atomic E-state index is 15.0. The fraction of sp³-hybridized carbons (Fsp3) is 0.440. The summed E-state index contributed by atoms with van der Waals surface area (Å²) >= 11 is 0. The molecular weight excluding hydrogens is 439 g/mol. The van der Waals surface area contributed by atoms with E-state index in [2.05, 4.69) is 15.6 Å². The summed E-state index contributed by atoms with van der Waals surface area (Å²) in [5.41, 5.74) is -0.400. The summed E-state index contributed by atoms with van der Waals surface area (Å²) < 4.78 is 15.0. The van der Waals surface area contributed by atoms with Gasteiger partial charge in [-0.05, 0) is 64.7 Å². The van der Waals surface area contributed by atoms with E-state index in [9.17, 15) is 23.9 Å². The van der Waals surface area contributed by atoms with Gasteiger partial charge in [0.15, 0.2) is 0 Å². The molecule has 3 amide bonds. The second-order valence-corrected chi connectivity index (χ2v) is 9.39. The largest absolute Gasteiger partial charge is 0.506 e. The van der Waals surface area contributed by atoms with Gasteiger partial charge in [0.1, 0.15) is 17.1 Å². The van der Waals surface area contributed by atoms with Gasteiger partial charge in [0, 0.05) is 29.4 Å². The number of likely N-dealkylation sites (tertiary alicyclic amines) is 1. The zero-order valence-corrected chi connectivity index (χ0v) is 19.5. The molecule has 2 heterocycles. The van der Waals surface area contributed by atoms with Crippen molar-refractivity contribution in [2.24, 2.45) is 0 Å². The molecule has 2 fully saturated rings. The molecule has 34 heavy (non-hydrogen) atoms. The summed E-state index contributed by atoms with van der Waals surface area (Å²) in [5.74, 6) is -1.86. The minimum atomic E-state index is -1.08. The summed E-state index contributed by atoms with van der Waals surface area (Å²) in [6.45, 7) is 5.64. The van der Waals surface area contributed by atoms with Crippen LogP contribution in [0.15, 0.2) is 36.7 Å². The number of amides is 3. The molecule has 1 aliphatic heterocycles. The van der Waals surface area contributed by atoms with E-state index in [0.29, 0.717) is 12.8 Å². The van der Waals surface area contributed by atoms with Crippen LogP contribution in [-0.4, -0.2) is 50.3 Å². The van der Waals surface area contributed by atoms with E-state index in [0.717, 1.165) is 12.8 Å². The Labute approximate surface area is 197 Å². The summed E-state index contributed by atoms with van der Waals surface area (Å²) in [6.07, 6.45) is 5.26. The van der Waals surface area contributed by atoms with Crippen LogP contribution in [0.5, 0.6) is 5.75 Å². The van der Waals surface area contributed by atoms with Crippen molar-refractivity contribution in [3.63, 3.8) is 0 Å². The summed E-state index contributed by atoms with van der Waals surface area (Å²) in [7, 11) is 0. The molecule has 3 atom stereocenters. The van der Waals surface area contributed by atoms with Crippen LogP contribution < -0.4 is 10.6 Å². The standard InChI is InChI=1S/C25H29FN4O4/c1-14-4-5-15(2)30(14)23(33)17-6-7-20(21(26)11-17)16(3)28-24(34)25(8-9-25)29-22(32)18-10-19(31)13-27-12-18/h6-7,10-16,31H,4-5,8-9H2,1-3H3,(H,28,34)(H,29,32)/t14?,15?,16-/m1/s1. The van der Waals surface area contributed by atoms with Crippen molar-refractivity contribution >= 4 is 17.7 Å². The maximum Gasteiger partial charge on any atom is 0.254 e. The van der Waals surface area contributed by atoms with Crippen LogP contribution in [0.25, 0.3) is 0 Å². The Morgan fingerprint density at radius 2 is 1.79 bits per heavy atom. The fourth-order valence-electron chi connectivity index (χ4n) is 4.54. The average molecular weight is 469 g/mol. The van der Waals surface area contributed by atoms with E-state index >= 15 is 0 Å². The molecule has 0 bridgehead atoms. The Bertz CT molecular complexity index is 1120. The quantitative estimate of drug-likeness (QED) is 0.603. The van der Waals surface area contributed by atoms with Crippen molar-refractivity contribution in [1.82, 2.24) is 20.5 Å². The molecule has 2 unspecified atom stereocenters. The zero-order valence-electron chi connectivity index (χ0n) is 19.5. The van der Waals surface area contributed by atoms with Crippen LogP contribution in [0.4, 0.5) is 4.39 Å². The van der Waals surface area contributed by atoms with E-state index in [1.54, 1.807) is 17.9 Å². The van der Waals surface area contributed by atoms with E-state index in [-0.39, 0.29) is 40.4 Å². The molecule has 0 spiro atoms. The number of pyridine rings is 1. The normalized spacial score (nSPS) is 21.6. The monoisotopic (exact) mass is 468 g/mol. The van der Waals surface area contributed by atoms with Gasteiger partial charge in [-0.2, -0.15) is 0 Å². The summed E-state index contributed by atoms with van der Waals surface area (Å²) in [6, 6.07) is 5.16. The van der Waals surface area contributed by atoms with E-state index in [1.165, 1.54) is 30.6 Å². The number of nitrogens with one attached hydrogen (secondary N) is 2. The number of aromatic nitrogens is 1. The first-order chi connectivity index (χ1) is 16.1. The number of nitrogens with zero attached hydrogens (tertiary/aromatic N) is 2. The molecule has 1 saturated carbocycles. The number of benzene rings is 1. The highest BCUT2D eigenvalue weighted by Gasteiger charge is 2.51. The Balaban J connectivity index is 1.42. The van der Waals surface area contributed by atoms with Gasteiger partial charge in [-0.15, -0.1) is 0 Å². The second-order valence-electron chi connectivity index (χ2n) is 9.39. The first-order valence-electron chi connectivity index (χ1n) is 11.5. The summed E-state index contributed by atoms with van der Waals surface area (Å²) in [5, 5.41) is 15.0. The third kappa shape index (κ3) is 4.60. The minimum absolute atomic E-state index is 0.115. The van der Waals surface area contributed by atoms with Crippen molar-refractivity contribution in [1.29, 1.82) is 0 Å². The SMILES string of the molecule is CC1CCC(C)N1C(=O)c1ccc([C@@H](C)NC(=O)C2(NC(=O)c3cncc(O)c3)CC2)c(F)c1. The molecule has 2 aliphatic rings. The Morgan fingerprint density at radius 1 is 1.12 bits per heavy atom. The van der Waals surface area contributed by atoms with Crippen molar-refractivity contribution < 1.29 is 23.9 Å². The lowest BCUT2D eigenvalue weighted by molar-refractivity contribution is -0.124. The highest BCUT2D eigenvalue weighted by atomic mass is 19.1.